The molecule has 0 N–H and O–H groups in total. The lowest BCUT2D eigenvalue weighted by molar-refractivity contribution is -0.153. The molecule has 0 aromatic heterocycles. The van der Waals surface area contributed by atoms with Gasteiger partial charge in [0.1, 0.15) is 6.10 Å². The normalized spacial score (nSPS) is 30.1. The summed E-state index contributed by atoms with van der Waals surface area (Å²) in [5.74, 6) is 0.0971. The maximum absolute atomic E-state index is 11.7. The molecule has 4 nitrogen and oxygen atoms in total. The summed E-state index contributed by atoms with van der Waals surface area (Å²) in [5.41, 5.74) is 0. The van der Waals surface area contributed by atoms with Crippen LogP contribution in [0.1, 0.15) is 38.5 Å². The highest BCUT2D eigenvalue weighted by atomic mass is 32.2. The fourth-order valence-electron chi connectivity index (χ4n) is 2.50. The van der Waals surface area contributed by atoms with Crippen LogP contribution >= 0.6 is 0 Å². The first-order valence-corrected chi connectivity index (χ1v) is 7.80. The van der Waals surface area contributed by atoms with Gasteiger partial charge >= 0.3 is 5.97 Å². The van der Waals surface area contributed by atoms with Crippen molar-refractivity contribution in [1.82, 2.24) is 0 Å². The Kier molecular flexibility index (Phi) is 3.52. The second-order valence-corrected chi connectivity index (χ2v) is 7.03. The van der Waals surface area contributed by atoms with Crippen LogP contribution in [0.5, 0.6) is 0 Å². The maximum Gasteiger partial charge on any atom is 0.309 e. The third kappa shape index (κ3) is 2.97. The van der Waals surface area contributed by atoms with Crippen molar-refractivity contribution in [1.29, 1.82) is 0 Å². The minimum atomic E-state index is -2.98. The van der Waals surface area contributed by atoms with Gasteiger partial charge in [0.2, 0.25) is 0 Å². The lowest BCUT2D eigenvalue weighted by atomic mass is 10.1. The highest BCUT2D eigenvalue weighted by Crippen LogP contribution is 2.27. The molecule has 1 aliphatic carbocycles. The largest absolute Gasteiger partial charge is 0.461 e. The summed E-state index contributed by atoms with van der Waals surface area (Å²) in [5, 5.41) is 0. The first-order chi connectivity index (χ1) is 7.57. The van der Waals surface area contributed by atoms with Gasteiger partial charge in [-0.05, 0) is 25.7 Å². The zero-order valence-electron chi connectivity index (χ0n) is 9.35. The lowest BCUT2D eigenvalue weighted by Gasteiger charge is -2.23. The summed E-state index contributed by atoms with van der Waals surface area (Å²) in [6.07, 6.45) is 4.89. The first-order valence-electron chi connectivity index (χ1n) is 5.98. The minimum absolute atomic E-state index is 0.0182. The van der Waals surface area contributed by atoms with E-state index in [4.69, 9.17) is 4.74 Å². The molecule has 0 unspecified atom stereocenters. The zero-order valence-corrected chi connectivity index (χ0v) is 10.2. The Labute approximate surface area is 96.3 Å². The molecule has 0 amide bonds. The van der Waals surface area contributed by atoms with Crippen LogP contribution in [-0.4, -0.2) is 32.0 Å². The predicted molar refractivity (Wildman–Crippen MR) is 59.7 cm³/mol. The van der Waals surface area contributed by atoms with Crippen molar-refractivity contribution in [2.24, 2.45) is 5.92 Å². The Morgan fingerprint density at radius 3 is 2.38 bits per heavy atom. The number of sulfone groups is 1. The molecule has 0 bridgehead atoms. The molecule has 1 atom stereocenters. The molecule has 92 valence electrons. The monoisotopic (exact) mass is 246 g/mol. The molecule has 2 aliphatic rings. The number of esters is 1. The van der Waals surface area contributed by atoms with E-state index in [0.717, 1.165) is 25.7 Å². The van der Waals surface area contributed by atoms with Crippen LogP contribution in [0.3, 0.4) is 0 Å². The lowest BCUT2D eigenvalue weighted by Crippen LogP contribution is -2.34. The molecule has 16 heavy (non-hydrogen) atoms. The maximum atomic E-state index is 11.7. The van der Waals surface area contributed by atoms with Crippen molar-refractivity contribution in [3.8, 4) is 0 Å². The van der Waals surface area contributed by atoms with Gasteiger partial charge in [0.15, 0.2) is 9.84 Å². The van der Waals surface area contributed by atoms with Gasteiger partial charge in [0.25, 0.3) is 0 Å². The summed E-state index contributed by atoms with van der Waals surface area (Å²) >= 11 is 0. The van der Waals surface area contributed by atoms with E-state index in [9.17, 15) is 13.2 Å². The van der Waals surface area contributed by atoms with Crippen molar-refractivity contribution in [3.05, 3.63) is 0 Å². The highest BCUT2D eigenvalue weighted by molar-refractivity contribution is 7.91. The molecule has 0 aromatic rings. The number of carbonyl (C=O) groups excluding carboxylic acids is 1. The average Bonchev–Trinajstić information content (AvgIpc) is 2.68. The van der Waals surface area contributed by atoms with Crippen LogP contribution in [0.2, 0.25) is 0 Å². The highest BCUT2D eigenvalue weighted by Gasteiger charge is 2.31. The van der Waals surface area contributed by atoms with Crippen molar-refractivity contribution >= 4 is 15.8 Å². The fourth-order valence-corrected chi connectivity index (χ4v) is 4.07. The quantitative estimate of drug-likeness (QED) is 0.689. The molecule has 1 saturated carbocycles. The number of hydrogen-bond donors (Lipinski definition) is 0. The Balaban J connectivity index is 1.86. The molecule has 0 radical (unpaired) electrons. The van der Waals surface area contributed by atoms with E-state index in [1.165, 1.54) is 0 Å². The zero-order chi connectivity index (χ0) is 11.6. The summed E-state index contributed by atoms with van der Waals surface area (Å²) in [4.78, 5) is 11.7. The third-order valence-electron chi connectivity index (χ3n) is 3.39. The van der Waals surface area contributed by atoms with Gasteiger partial charge in [-0.1, -0.05) is 12.8 Å². The van der Waals surface area contributed by atoms with E-state index in [-0.39, 0.29) is 23.4 Å². The van der Waals surface area contributed by atoms with Crippen LogP contribution < -0.4 is 0 Å². The van der Waals surface area contributed by atoms with E-state index in [1.807, 2.05) is 0 Å². The van der Waals surface area contributed by atoms with Gasteiger partial charge in [-0.15, -0.1) is 0 Å². The molecule has 1 aliphatic heterocycles. The predicted octanol–water partition coefficient (Wildman–Crippen LogP) is 1.30. The number of hydrogen-bond acceptors (Lipinski definition) is 4. The van der Waals surface area contributed by atoms with Crippen molar-refractivity contribution < 1.29 is 17.9 Å². The molecular formula is C11H18O4S. The van der Waals surface area contributed by atoms with Gasteiger partial charge in [-0.3, -0.25) is 4.79 Å². The fraction of sp³-hybridized carbons (Fsp3) is 0.909. The van der Waals surface area contributed by atoms with Crippen molar-refractivity contribution in [3.63, 3.8) is 0 Å². The molecule has 0 spiro atoms. The standard InChI is InChI=1S/C11H18O4S/c12-11(9-4-1-2-5-9)15-10-6-3-7-16(13,14)8-10/h9-10H,1-8H2/t10-/m1/s1. The van der Waals surface area contributed by atoms with Gasteiger partial charge < -0.3 is 4.74 Å². The molecule has 0 aromatic carbocycles. The Hall–Kier alpha value is -0.580. The van der Waals surface area contributed by atoms with Crippen LogP contribution in [-0.2, 0) is 19.4 Å². The molecule has 2 rings (SSSR count). The Bertz CT molecular complexity index is 354. The number of rotatable bonds is 2. The van der Waals surface area contributed by atoms with Gasteiger partial charge in [0.05, 0.1) is 17.4 Å². The average molecular weight is 246 g/mol. The van der Waals surface area contributed by atoms with Crippen LogP contribution in [0.25, 0.3) is 0 Å². The van der Waals surface area contributed by atoms with Crippen molar-refractivity contribution in [2.45, 2.75) is 44.6 Å². The summed E-state index contributed by atoms with van der Waals surface area (Å²) < 4.78 is 28.0. The first kappa shape index (κ1) is 11.9. The van der Waals surface area contributed by atoms with E-state index < -0.39 is 15.9 Å². The van der Waals surface area contributed by atoms with Crippen LogP contribution in [0.15, 0.2) is 0 Å². The summed E-state index contributed by atoms with van der Waals surface area (Å²) in [6, 6.07) is 0. The topological polar surface area (TPSA) is 60.4 Å². The number of carbonyl (C=O) groups is 1. The molecule has 2 fully saturated rings. The Morgan fingerprint density at radius 2 is 1.75 bits per heavy atom. The van der Waals surface area contributed by atoms with E-state index in [1.54, 1.807) is 0 Å². The molecular weight excluding hydrogens is 228 g/mol. The van der Waals surface area contributed by atoms with Gasteiger partial charge in [-0.2, -0.15) is 0 Å². The van der Waals surface area contributed by atoms with E-state index in [2.05, 4.69) is 0 Å². The second-order valence-electron chi connectivity index (χ2n) is 4.80. The second kappa shape index (κ2) is 4.73. The summed E-state index contributed by atoms with van der Waals surface area (Å²) in [7, 11) is -2.98. The van der Waals surface area contributed by atoms with Gasteiger partial charge in [0, 0.05) is 0 Å². The van der Waals surface area contributed by atoms with Crippen LogP contribution in [0, 0.1) is 5.92 Å². The molecule has 5 heteroatoms. The van der Waals surface area contributed by atoms with E-state index >= 15 is 0 Å². The smallest absolute Gasteiger partial charge is 0.309 e. The minimum Gasteiger partial charge on any atom is -0.461 e. The molecule has 1 heterocycles. The molecule has 1 saturated heterocycles. The number of ether oxygens (including phenoxy) is 1. The van der Waals surface area contributed by atoms with E-state index in [0.29, 0.717) is 12.8 Å². The van der Waals surface area contributed by atoms with Crippen molar-refractivity contribution in [2.75, 3.05) is 11.5 Å². The SMILES string of the molecule is O=C(O[C@@H]1CCCS(=O)(=O)C1)C1CCCC1. The van der Waals surface area contributed by atoms with Crippen LogP contribution in [0.4, 0.5) is 0 Å². The Morgan fingerprint density at radius 1 is 1.06 bits per heavy atom. The third-order valence-corrected chi connectivity index (χ3v) is 5.18. The van der Waals surface area contributed by atoms with Gasteiger partial charge in [-0.25, -0.2) is 8.42 Å². The summed E-state index contributed by atoms with van der Waals surface area (Å²) in [6.45, 7) is 0.